The minimum absolute atomic E-state index is 0.0722. The fourth-order valence-corrected chi connectivity index (χ4v) is 2.33. The van der Waals surface area contributed by atoms with Crippen LogP contribution in [0.2, 0.25) is 0 Å². The van der Waals surface area contributed by atoms with E-state index >= 15 is 0 Å². The van der Waals surface area contributed by atoms with Crippen molar-refractivity contribution in [2.24, 2.45) is 0 Å². The Morgan fingerprint density at radius 2 is 1.96 bits per heavy atom. The van der Waals surface area contributed by atoms with Crippen LogP contribution in [0.5, 0.6) is 5.75 Å². The van der Waals surface area contributed by atoms with Gasteiger partial charge in [-0.2, -0.15) is 0 Å². The minimum atomic E-state index is -1.08. The highest BCUT2D eigenvalue weighted by atomic mass is 16.5. The number of anilines is 1. The van der Waals surface area contributed by atoms with E-state index in [-0.39, 0.29) is 5.76 Å². The molecule has 0 radical (unpaired) electrons. The normalized spacial score (nSPS) is 16.7. The highest BCUT2D eigenvalue weighted by Gasteiger charge is 2.36. The number of amides is 1. The molecule has 6 nitrogen and oxygen atoms in total. The maximum atomic E-state index is 12.7. The van der Waals surface area contributed by atoms with Crippen LogP contribution >= 0.6 is 0 Å². The van der Waals surface area contributed by atoms with E-state index in [4.69, 9.17) is 4.74 Å². The Balaban J connectivity index is 2.08. The molecule has 23 heavy (non-hydrogen) atoms. The lowest BCUT2D eigenvalue weighted by Crippen LogP contribution is -2.47. The molecule has 0 aliphatic carbocycles. The number of carbonyl (C=O) groups is 2. The van der Waals surface area contributed by atoms with Crippen LogP contribution < -0.4 is 9.64 Å². The van der Waals surface area contributed by atoms with E-state index < -0.39 is 17.9 Å². The number of pyridine rings is 1. The van der Waals surface area contributed by atoms with Crippen LogP contribution in [0, 0.1) is 0 Å². The molecule has 1 N–H and O–H groups in total. The van der Waals surface area contributed by atoms with Crippen molar-refractivity contribution < 1.29 is 19.4 Å². The summed E-state index contributed by atoms with van der Waals surface area (Å²) in [5, 5.41) is 9.29. The smallest absolute Gasteiger partial charge is 0.326 e. The van der Waals surface area contributed by atoms with Crippen molar-refractivity contribution in [2.45, 2.75) is 13.0 Å². The topological polar surface area (TPSA) is 79.7 Å². The van der Waals surface area contributed by atoms with Crippen molar-refractivity contribution in [2.75, 3.05) is 4.90 Å². The number of aromatic nitrogens is 1. The maximum absolute atomic E-state index is 12.7. The number of carboxylic acid groups (broad SMARTS) is 1. The van der Waals surface area contributed by atoms with E-state index in [1.807, 2.05) is 0 Å². The van der Waals surface area contributed by atoms with Gasteiger partial charge in [0.05, 0.1) is 5.69 Å². The van der Waals surface area contributed by atoms with Gasteiger partial charge in [-0.3, -0.25) is 14.7 Å². The second kappa shape index (κ2) is 5.92. The number of hydrogen-bond acceptors (Lipinski definition) is 4. The number of fused-ring (bicyclic) bond motifs is 1. The van der Waals surface area contributed by atoms with E-state index in [0.29, 0.717) is 11.4 Å². The number of carbonyl (C=O) groups excluding carboxylic acids is 1. The lowest BCUT2D eigenvalue weighted by molar-refractivity contribution is -0.139. The fourth-order valence-electron chi connectivity index (χ4n) is 2.33. The van der Waals surface area contributed by atoms with Gasteiger partial charge in [0.25, 0.3) is 5.91 Å². The van der Waals surface area contributed by atoms with Crippen LogP contribution in [0.1, 0.15) is 12.5 Å². The third-order valence-electron chi connectivity index (χ3n) is 3.52. The predicted molar refractivity (Wildman–Crippen MR) is 83.9 cm³/mol. The molecule has 6 heteroatoms. The average molecular weight is 310 g/mol. The molecule has 0 spiro atoms. The summed E-state index contributed by atoms with van der Waals surface area (Å²) in [6.07, 6.45) is 4.78. The van der Waals surface area contributed by atoms with Gasteiger partial charge < -0.3 is 9.84 Å². The quantitative estimate of drug-likeness (QED) is 0.880. The van der Waals surface area contributed by atoms with Gasteiger partial charge in [0.15, 0.2) is 11.5 Å². The van der Waals surface area contributed by atoms with Crippen molar-refractivity contribution in [3.05, 3.63) is 60.1 Å². The summed E-state index contributed by atoms with van der Waals surface area (Å²) < 4.78 is 5.66. The fraction of sp³-hybridized carbons (Fsp3) is 0.118. The standard InChI is InChI=1S/C17H14N2O4/c1-11(17(21)22)19-13-4-2-3-5-14(13)23-15(16(19)20)10-12-6-8-18-9-7-12/h2-11H,1H3,(H,21,22)/b15-10+. The lowest BCUT2D eigenvalue weighted by Gasteiger charge is -2.32. The molecule has 1 aliphatic rings. The third kappa shape index (κ3) is 2.78. The SMILES string of the molecule is CC(C(=O)O)N1C(=O)/C(=C\c2ccncc2)Oc2ccccc21. The molecule has 3 rings (SSSR count). The molecule has 1 aliphatic heterocycles. The van der Waals surface area contributed by atoms with E-state index in [0.717, 1.165) is 5.56 Å². The molecule has 1 amide bonds. The van der Waals surface area contributed by atoms with Gasteiger partial charge in [-0.1, -0.05) is 12.1 Å². The Morgan fingerprint density at radius 1 is 1.26 bits per heavy atom. The Morgan fingerprint density at radius 3 is 2.65 bits per heavy atom. The van der Waals surface area contributed by atoms with Crippen molar-refractivity contribution >= 4 is 23.6 Å². The molecular weight excluding hydrogens is 296 g/mol. The molecule has 2 aromatic rings. The molecule has 2 heterocycles. The number of ether oxygens (including phenoxy) is 1. The molecule has 0 saturated carbocycles. The Bertz CT molecular complexity index is 786. The number of nitrogens with zero attached hydrogens (tertiary/aromatic N) is 2. The summed E-state index contributed by atoms with van der Waals surface area (Å²) in [7, 11) is 0. The largest absolute Gasteiger partial charge is 0.480 e. The van der Waals surface area contributed by atoms with Crippen LogP contribution in [-0.2, 0) is 9.59 Å². The lowest BCUT2D eigenvalue weighted by atomic mass is 10.1. The Hall–Kier alpha value is -3.15. The number of hydrogen-bond donors (Lipinski definition) is 1. The van der Waals surface area contributed by atoms with E-state index in [9.17, 15) is 14.7 Å². The Labute approximate surface area is 132 Å². The average Bonchev–Trinajstić information content (AvgIpc) is 2.56. The van der Waals surface area contributed by atoms with Crippen LogP contribution in [0.15, 0.2) is 54.6 Å². The first-order valence-electron chi connectivity index (χ1n) is 7.03. The zero-order valence-corrected chi connectivity index (χ0v) is 12.3. The van der Waals surface area contributed by atoms with Crippen molar-refractivity contribution in [1.29, 1.82) is 0 Å². The van der Waals surface area contributed by atoms with Gasteiger partial charge in [0.1, 0.15) is 6.04 Å². The Kier molecular flexibility index (Phi) is 3.80. The van der Waals surface area contributed by atoms with Crippen molar-refractivity contribution in [3.63, 3.8) is 0 Å². The molecule has 1 unspecified atom stereocenters. The van der Waals surface area contributed by atoms with E-state index in [2.05, 4.69) is 4.98 Å². The molecular formula is C17H14N2O4. The summed E-state index contributed by atoms with van der Waals surface area (Å²) in [6.45, 7) is 1.46. The minimum Gasteiger partial charge on any atom is -0.480 e. The van der Waals surface area contributed by atoms with Crippen LogP contribution in [-0.4, -0.2) is 28.0 Å². The molecule has 1 aromatic heterocycles. The van der Waals surface area contributed by atoms with Gasteiger partial charge in [-0.25, -0.2) is 4.79 Å². The first-order chi connectivity index (χ1) is 11.1. The molecule has 0 bridgehead atoms. The van der Waals surface area contributed by atoms with E-state index in [1.165, 1.54) is 11.8 Å². The predicted octanol–water partition coefficient (Wildman–Crippen LogP) is 2.32. The first-order valence-corrected chi connectivity index (χ1v) is 7.03. The summed E-state index contributed by atoms with van der Waals surface area (Å²) in [4.78, 5) is 29.2. The summed E-state index contributed by atoms with van der Waals surface area (Å²) in [5.41, 5.74) is 1.19. The number of rotatable bonds is 3. The highest BCUT2D eigenvalue weighted by Crippen LogP contribution is 2.36. The van der Waals surface area contributed by atoms with E-state index in [1.54, 1.807) is 54.9 Å². The van der Waals surface area contributed by atoms with Crippen LogP contribution in [0.25, 0.3) is 6.08 Å². The van der Waals surface area contributed by atoms with Crippen molar-refractivity contribution in [3.8, 4) is 5.75 Å². The molecule has 1 aromatic carbocycles. The summed E-state index contributed by atoms with van der Waals surface area (Å²) >= 11 is 0. The maximum Gasteiger partial charge on any atom is 0.326 e. The van der Waals surface area contributed by atoms with Gasteiger partial charge >= 0.3 is 5.97 Å². The third-order valence-corrected chi connectivity index (χ3v) is 3.52. The van der Waals surface area contributed by atoms with Crippen molar-refractivity contribution in [1.82, 2.24) is 4.98 Å². The van der Waals surface area contributed by atoms with Crippen LogP contribution in [0.3, 0.4) is 0 Å². The highest BCUT2D eigenvalue weighted by molar-refractivity contribution is 6.12. The number of aliphatic carboxylic acids is 1. The number of para-hydroxylation sites is 2. The van der Waals surface area contributed by atoms with Gasteiger partial charge in [-0.15, -0.1) is 0 Å². The summed E-state index contributed by atoms with van der Waals surface area (Å²) in [6, 6.07) is 9.31. The number of carboxylic acids is 1. The second-order valence-electron chi connectivity index (χ2n) is 5.05. The van der Waals surface area contributed by atoms with Gasteiger partial charge in [-0.05, 0) is 42.8 Å². The molecule has 0 fully saturated rings. The monoisotopic (exact) mass is 310 g/mol. The van der Waals surface area contributed by atoms with Crippen LogP contribution in [0.4, 0.5) is 5.69 Å². The zero-order valence-electron chi connectivity index (χ0n) is 12.3. The molecule has 1 atom stereocenters. The zero-order chi connectivity index (χ0) is 16.4. The first kappa shape index (κ1) is 14.8. The van der Waals surface area contributed by atoms with Gasteiger partial charge in [0, 0.05) is 12.4 Å². The number of benzene rings is 1. The summed E-state index contributed by atoms with van der Waals surface area (Å²) in [5.74, 6) is -1.06. The second-order valence-corrected chi connectivity index (χ2v) is 5.05. The van der Waals surface area contributed by atoms with Gasteiger partial charge in [0.2, 0.25) is 0 Å². The molecule has 116 valence electrons. The molecule has 0 saturated heterocycles.